The van der Waals surface area contributed by atoms with E-state index in [2.05, 4.69) is 15.6 Å². The maximum Gasteiger partial charge on any atom is 0.309 e. The van der Waals surface area contributed by atoms with Gasteiger partial charge in [-0.2, -0.15) is 0 Å². The highest BCUT2D eigenvalue weighted by atomic mass is 35.5. The first kappa shape index (κ1) is 27.5. The second-order valence-corrected chi connectivity index (χ2v) is 10.1. The summed E-state index contributed by atoms with van der Waals surface area (Å²) >= 11 is 6.09. The molecular weight excluding hydrogens is 550 g/mol. The molecular formula is C29H24ClN5O6. The lowest BCUT2D eigenvalue weighted by Crippen LogP contribution is -2.52. The third kappa shape index (κ3) is 5.39. The van der Waals surface area contributed by atoms with Crippen molar-refractivity contribution in [2.75, 3.05) is 17.2 Å². The van der Waals surface area contributed by atoms with Gasteiger partial charge >= 0.3 is 5.97 Å². The Kier molecular flexibility index (Phi) is 7.29. The molecule has 0 spiro atoms. The third-order valence-corrected chi connectivity index (χ3v) is 7.30. The van der Waals surface area contributed by atoms with Crippen molar-refractivity contribution in [1.82, 2.24) is 10.6 Å². The topological polar surface area (TPSA) is 171 Å². The molecule has 1 saturated carbocycles. The molecule has 12 heteroatoms. The van der Waals surface area contributed by atoms with Crippen molar-refractivity contribution in [3.8, 4) is 0 Å². The van der Waals surface area contributed by atoms with Crippen LogP contribution >= 0.6 is 11.6 Å². The smallest absolute Gasteiger partial charge is 0.309 e. The number of carboxylic acids is 1. The van der Waals surface area contributed by atoms with E-state index in [1.165, 1.54) is 18.2 Å². The van der Waals surface area contributed by atoms with Gasteiger partial charge in [-0.15, -0.1) is 0 Å². The maximum atomic E-state index is 13.9. The van der Waals surface area contributed by atoms with Gasteiger partial charge in [-0.25, -0.2) is 4.99 Å². The molecule has 3 amide bonds. The number of halogens is 1. The van der Waals surface area contributed by atoms with Crippen molar-refractivity contribution >= 4 is 58.7 Å². The summed E-state index contributed by atoms with van der Waals surface area (Å²) in [6.45, 7) is -0.560. The number of nitrogens with zero attached hydrogens (tertiary/aromatic N) is 2. The monoisotopic (exact) mass is 573 g/mol. The van der Waals surface area contributed by atoms with Crippen LogP contribution in [0.5, 0.6) is 0 Å². The van der Waals surface area contributed by atoms with E-state index in [-0.39, 0.29) is 22.7 Å². The Hall–Kier alpha value is -5.03. The fourth-order valence-electron chi connectivity index (χ4n) is 4.72. The van der Waals surface area contributed by atoms with Crippen LogP contribution in [0.1, 0.15) is 27.9 Å². The van der Waals surface area contributed by atoms with Gasteiger partial charge in [0, 0.05) is 16.7 Å². The van der Waals surface area contributed by atoms with Gasteiger partial charge in [0.25, 0.3) is 11.8 Å². The number of amides is 3. The lowest BCUT2D eigenvalue weighted by Gasteiger charge is -2.25. The SMILES string of the molecule is Nc1ccc(C(=O)NC2N=C(c3ccccc3)c3ccccc3N(CC(=O)NC3(C=O)CC3C(=O)O)C2=O)cc1Cl. The van der Waals surface area contributed by atoms with E-state index in [4.69, 9.17) is 17.3 Å². The fourth-order valence-corrected chi connectivity index (χ4v) is 4.90. The molecule has 3 aromatic rings. The molecule has 1 heterocycles. The Morgan fingerprint density at radius 3 is 2.46 bits per heavy atom. The highest BCUT2D eigenvalue weighted by Gasteiger charge is 2.60. The first-order valence-corrected chi connectivity index (χ1v) is 12.9. The first-order chi connectivity index (χ1) is 19.6. The number of carbonyl (C=O) groups excluding carboxylic acids is 4. The van der Waals surface area contributed by atoms with Gasteiger partial charge in [-0.1, -0.05) is 60.1 Å². The maximum absolute atomic E-state index is 13.9. The zero-order valence-corrected chi connectivity index (χ0v) is 22.2. The van der Waals surface area contributed by atoms with E-state index in [9.17, 15) is 29.1 Å². The number of nitrogens with two attached hydrogens (primary N) is 1. The van der Waals surface area contributed by atoms with E-state index in [0.717, 1.165) is 4.90 Å². The largest absolute Gasteiger partial charge is 0.481 e. The number of anilines is 2. The van der Waals surface area contributed by atoms with Gasteiger partial charge < -0.3 is 26.3 Å². The molecule has 3 aromatic carbocycles. The molecule has 3 atom stereocenters. The molecule has 0 aromatic heterocycles. The minimum absolute atomic E-state index is 0.0494. The molecule has 11 nitrogen and oxygen atoms in total. The van der Waals surface area contributed by atoms with Crippen LogP contribution in [-0.4, -0.2) is 59.0 Å². The van der Waals surface area contributed by atoms with Crippen LogP contribution in [0.4, 0.5) is 11.4 Å². The van der Waals surface area contributed by atoms with E-state index in [0.29, 0.717) is 28.8 Å². The van der Waals surface area contributed by atoms with Crippen molar-refractivity contribution in [3.63, 3.8) is 0 Å². The Bertz CT molecular complexity index is 1610. The van der Waals surface area contributed by atoms with Crippen molar-refractivity contribution in [2.45, 2.75) is 18.1 Å². The molecule has 41 heavy (non-hydrogen) atoms. The van der Waals surface area contributed by atoms with Gasteiger partial charge in [0.2, 0.25) is 12.1 Å². The van der Waals surface area contributed by atoms with Crippen LogP contribution in [-0.2, 0) is 19.2 Å². The molecule has 5 rings (SSSR count). The van der Waals surface area contributed by atoms with Crippen molar-refractivity contribution < 1.29 is 29.1 Å². The lowest BCUT2D eigenvalue weighted by molar-refractivity contribution is -0.140. The van der Waals surface area contributed by atoms with E-state index >= 15 is 0 Å². The second kappa shape index (κ2) is 10.9. The zero-order chi connectivity index (χ0) is 29.3. The summed E-state index contributed by atoms with van der Waals surface area (Å²) in [5.41, 5.74) is 6.56. The summed E-state index contributed by atoms with van der Waals surface area (Å²) < 4.78 is 0. The van der Waals surface area contributed by atoms with Crippen molar-refractivity contribution in [3.05, 3.63) is 94.5 Å². The van der Waals surface area contributed by atoms with Crippen LogP contribution in [0.15, 0.2) is 77.8 Å². The van der Waals surface area contributed by atoms with Crippen LogP contribution in [0.2, 0.25) is 5.02 Å². The van der Waals surface area contributed by atoms with Crippen molar-refractivity contribution in [1.29, 1.82) is 0 Å². The number of benzodiazepines with no additional fused rings is 1. The number of nitrogens with one attached hydrogen (secondary N) is 2. The molecule has 3 unspecified atom stereocenters. The zero-order valence-electron chi connectivity index (χ0n) is 21.4. The lowest BCUT2D eigenvalue weighted by atomic mass is 10.0. The normalized spacial score (nSPS) is 21.1. The number of fused-ring (bicyclic) bond motifs is 1. The predicted molar refractivity (Wildman–Crippen MR) is 151 cm³/mol. The number of hydrogen-bond donors (Lipinski definition) is 4. The summed E-state index contributed by atoms with van der Waals surface area (Å²) in [4.78, 5) is 69.1. The first-order valence-electron chi connectivity index (χ1n) is 12.5. The average Bonchev–Trinajstić information content (AvgIpc) is 3.71. The second-order valence-electron chi connectivity index (χ2n) is 9.70. The molecule has 5 N–H and O–H groups in total. The quantitative estimate of drug-likeness (QED) is 0.236. The highest BCUT2D eigenvalue weighted by molar-refractivity contribution is 6.33. The predicted octanol–water partition coefficient (Wildman–Crippen LogP) is 2.02. The summed E-state index contributed by atoms with van der Waals surface area (Å²) in [5, 5.41) is 14.6. The number of nitrogen functional groups attached to an aromatic ring is 1. The molecule has 1 aliphatic carbocycles. The minimum atomic E-state index is -1.54. The number of hydrogen-bond acceptors (Lipinski definition) is 7. The molecule has 1 aliphatic heterocycles. The molecule has 1 fully saturated rings. The number of benzene rings is 3. The number of aldehydes is 1. The van der Waals surface area contributed by atoms with Gasteiger partial charge in [-0.3, -0.25) is 24.1 Å². The van der Waals surface area contributed by atoms with Crippen LogP contribution in [0, 0.1) is 5.92 Å². The Balaban J connectivity index is 1.52. The number of aliphatic imine (C=N–C) groups is 1. The van der Waals surface area contributed by atoms with Gasteiger partial charge in [0.1, 0.15) is 18.4 Å². The van der Waals surface area contributed by atoms with Crippen LogP contribution in [0.3, 0.4) is 0 Å². The number of carboxylic acid groups (broad SMARTS) is 1. The minimum Gasteiger partial charge on any atom is -0.481 e. The van der Waals surface area contributed by atoms with E-state index < -0.39 is 47.9 Å². The summed E-state index contributed by atoms with van der Waals surface area (Å²) in [6, 6.07) is 20.1. The van der Waals surface area contributed by atoms with Crippen LogP contribution < -0.4 is 21.3 Å². The Labute approximate surface area is 239 Å². The molecule has 0 bridgehead atoms. The number of rotatable bonds is 8. The van der Waals surface area contributed by atoms with E-state index in [1.807, 2.05) is 6.07 Å². The Morgan fingerprint density at radius 2 is 1.80 bits per heavy atom. The summed E-state index contributed by atoms with van der Waals surface area (Å²) in [5.74, 6) is -4.39. The van der Waals surface area contributed by atoms with Crippen LogP contribution in [0.25, 0.3) is 0 Å². The number of carbonyl (C=O) groups is 5. The average molecular weight is 574 g/mol. The molecule has 208 valence electrons. The highest BCUT2D eigenvalue weighted by Crippen LogP contribution is 2.42. The van der Waals surface area contributed by atoms with Gasteiger partial charge in [-0.05, 0) is 30.7 Å². The molecule has 2 aliphatic rings. The fraction of sp³-hybridized carbons (Fsp3) is 0.172. The standard InChI is InChI=1S/C29H24ClN5O6/c30-20-12-17(10-11-21(20)31)26(38)33-25-27(39)35(14-23(37)34-29(15-36)13-19(29)28(40)41)22-9-5-4-8-18(22)24(32-25)16-6-2-1-3-7-16/h1-12,15,19,25H,13-14,31H2,(H,33,38)(H,34,37)(H,40,41). The molecule has 0 saturated heterocycles. The number of para-hydroxylation sites is 1. The van der Waals surface area contributed by atoms with E-state index in [1.54, 1.807) is 48.5 Å². The number of aliphatic carboxylic acids is 1. The Morgan fingerprint density at radius 1 is 1.10 bits per heavy atom. The van der Waals surface area contributed by atoms with Crippen molar-refractivity contribution in [2.24, 2.45) is 10.9 Å². The summed E-state index contributed by atoms with van der Waals surface area (Å²) in [6.07, 6.45) is -1.10. The third-order valence-electron chi connectivity index (χ3n) is 6.97. The van der Waals surface area contributed by atoms with Gasteiger partial charge in [0.15, 0.2) is 0 Å². The summed E-state index contributed by atoms with van der Waals surface area (Å²) in [7, 11) is 0. The van der Waals surface area contributed by atoms with Gasteiger partial charge in [0.05, 0.1) is 28.0 Å². The molecule has 0 radical (unpaired) electrons.